The number of rotatable bonds is 5. The quantitative estimate of drug-likeness (QED) is 0.834. The molecule has 1 aliphatic heterocycles. The molecule has 0 aliphatic carbocycles. The fraction of sp³-hybridized carbons (Fsp3) is 0.250. The summed E-state index contributed by atoms with van der Waals surface area (Å²) in [5, 5.41) is 3.23. The van der Waals surface area contributed by atoms with Crippen molar-refractivity contribution < 1.29 is 18.8 Å². The van der Waals surface area contributed by atoms with Crippen LogP contribution in [0.25, 0.3) is 0 Å². The smallest absolute Gasteiger partial charge is 0.243 e. The summed E-state index contributed by atoms with van der Waals surface area (Å²) in [6, 6.07) is 12.5. The summed E-state index contributed by atoms with van der Waals surface area (Å²) in [6.07, 6.45) is -0.0175. The Morgan fingerprint density at radius 3 is 2.57 bits per heavy atom. The van der Waals surface area contributed by atoms with E-state index in [-0.39, 0.29) is 42.9 Å². The number of amides is 3. The molecule has 28 heavy (non-hydrogen) atoms. The van der Waals surface area contributed by atoms with Crippen molar-refractivity contribution >= 4 is 40.7 Å². The Hall–Kier alpha value is -2.93. The first kappa shape index (κ1) is 19.8. The SMILES string of the molecule is CN(CC(=O)Nc1ccc(Cl)cc1)C(=O)[C@@H]1CC(=O)N(c2ccccc2F)C1. The van der Waals surface area contributed by atoms with Crippen molar-refractivity contribution in [1.29, 1.82) is 0 Å². The van der Waals surface area contributed by atoms with Gasteiger partial charge in [-0.3, -0.25) is 14.4 Å². The van der Waals surface area contributed by atoms with Gasteiger partial charge in [-0.15, -0.1) is 0 Å². The van der Waals surface area contributed by atoms with Crippen LogP contribution < -0.4 is 10.2 Å². The molecular formula is C20H19ClFN3O3. The van der Waals surface area contributed by atoms with E-state index in [2.05, 4.69) is 5.32 Å². The van der Waals surface area contributed by atoms with Gasteiger partial charge in [-0.1, -0.05) is 23.7 Å². The largest absolute Gasteiger partial charge is 0.336 e. The highest BCUT2D eigenvalue weighted by Gasteiger charge is 2.37. The van der Waals surface area contributed by atoms with Gasteiger partial charge in [0.05, 0.1) is 18.2 Å². The van der Waals surface area contributed by atoms with Gasteiger partial charge in [0.15, 0.2) is 0 Å². The number of carbonyl (C=O) groups excluding carboxylic acids is 3. The first-order valence-corrected chi connectivity index (χ1v) is 9.08. The molecule has 1 N–H and O–H groups in total. The van der Waals surface area contributed by atoms with Gasteiger partial charge in [-0.25, -0.2) is 4.39 Å². The van der Waals surface area contributed by atoms with E-state index >= 15 is 0 Å². The number of hydrogen-bond acceptors (Lipinski definition) is 3. The van der Waals surface area contributed by atoms with Gasteiger partial charge < -0.3 is 15.1 Å². The van der Waals surface area contributed by atoms with Crippen LogP contribution in [0.15, 0.2) is 48.5 Å². The summed E-state index contributed by atoms with van der Waals surface area (Å²) in [6.45, 7) is -0.0758. The van der Waals surface area contributed by atoms with E-state index in [4.69, 9.17) is 11.6 Å². The van der Waals surface area contributed by atoms with Gasteiger partial charge in [0.25, 0.3) is 0 Å². The highest BCUT2D eigenvalue weighted by atomic mass is 35.5. The fourth-order valence-electron chi connectivity index (χ4n) is 3.12. The van der Waals surface area contributed by atoms with E-state index in [1.54, 1.807) is 30.3 Å². The molecule has 1 heterocycles. The van der Waals surface area contributed by atoms with Crippen molar-refractivity contribution in [2.75, 3.05) is 30.4 Å². The Bertz CT molecular complexity index is 904. The molecular weight excluding hydrogens is 385 g/mol. The molecule has 1 atom stereocenters. The monoisotopic (exact) mass is 403 g/mol. The molecule has 0 bridgehead atoms. The number of hydrogen-bond donors (Lipinski definition) is 1. The molecule has 6 nitrogen and oxygen atoms in total. The first-order chi connectivity index (χ1) is 13.3. The Labute approximate surface area is 166 Å². The standard InChI is InChI=1S/C20H19ClFN3O3/c1-24(12-18(26)23-15-8-6-14(21)7-9-15)20(28)13-10-19(27)25(11-13)17-5-3-2-4-16(17)22/h2-9,13H,10-12H2,1H3,(H,23,26)/t13-/m1/s1. The maximum atomic E-state index is 14.0. The van der Waals surface area contributed by atoms with Gasteiger partial charge >= 0.3 is 0 Å². The molecule has 0 saturated carbocycles. The Morgan fingerprint density at radius 2 is 1.89 bits per heavy atom. The van der Waals surface area contributed by atoms with Crippen molar-refractivity contribution in [3.05, 3.63) is 59.4 Å². The normalized spacial score (nSPS) is 16.2. The second-order valence-electron chi connectivity index (χ2n) is 6.61. The summed E-state index contributed by atoms with van der Waals surface area (Å²) in [7, 11) is 1.50. The lowest BCUT2D eigenvalue weighted by atomic mass is 10.1. The van der Waals surface area contributed by atoms with Gasteiger partial charge in [0.1, 0.15) is 5.82 Å². The second-order valence-corrected chi connectivity index (χ2v) is 7.04. The molecule has 0 aromatic heterocycles. The van der Waals surface area contributed by atoms with E-state index in [9.17, 15) is 18.8 Å². The molecule has 3 rings (SSSR count). The zero-order chi connectivity index (χ0) is 20.3. The number of carbonyl (C=O) groups is 3. The summed E-state index contributed by atoms with van der Waals surface area (Å²) in [5.74, 6) is -2.16. The lowest BCUT2D eigenvalue weighted by Crippen LogP contribution is -2.39. The van der Waals surface area contributed by atoms with Crippen LogP contribution >= 0.6 is 11.6 Å². The maximum absolute atomic E-state index is 14.0. The predicted octanol–water partition coefficient (Wildman–Crippen LogP) is 2.93. The first-order valence-electron chi connectivity index (χ1n) is 8.70. The number of anilines is 2. The summed E-state index contributed by atoms with van der Waals surface area (Å²) in [5.41, 5.74) is 0.725. The van der Waals surface area contributed by atoms with E-state index < -0.39 is 11.7 Å². The van der Waals surface area contributed by atoms with Crippen LogP contribution in [0.5, 0.6) is 0 Å². The molecule has 3 amide bonds. The molecule has 2 aromatic rings. The van der Waals surface area contributed by atoms with E-state index in [0.29, 0.717) is 10.7 Å². The summed E-state index contributed by atoms with van der Waals surface area (Å²) >= 11 is 5.80. The van der Waals surface area contributed by atoms with Crippen molar-refractivity contribution in [3.8, 4) is 0 Å². The lowest BCUT2D eigenvalue weighted by Gasteiger charge is -2.21. The molecule has 8 heteroatoms. The van der Waals surface area contributed by atoms with E-state index in [1.165, 1.54) is 35.0 Å². The van der Waals surface area contributed by atoms with Crippen LogP contribution in [-0.2, 0) is 14.4 Å². The molecule has 146 valence electrons. The molecule has 0 spiro atoms. The van der Waals surface area contributed by atoms with Gasteiger partial charge in [0.2, 0.25) is 17.7 Å². The molecule has 1 fully saturated rings. The van der Waals surface area contributed by atoms with Crippen molar-refractivity contribution in [2.24, 2.45) is 5.92 Å². The zero-order valence-electron chi connectivity index (χ0n) is 15.2. The average molecular weight is 404 g/mol. The Kier molecular flexibility index (Phi) is 5.94. The van der Waals surface area contributed by atoms with Crippen LogP contribution in [0.1, 0.15) is 6.42 Å². The predicted molar refractivity (Wildman–Crippen MR) is 105 cm³/mol. The Morgan fingerprint density at radius 1 is 1.21 bits per heavy atom. The number of nitrogens with zero attached hydrogens (tertiary/aromatic N) is 2. The highest BCUT2D eigenvalue weighted by molar-refractivity contribution is 6.30. The van der Waals surface area contributed by atoms with Gasteiger partial charge in [-0.05, 0) is 36.4 Å². The van der Waals surface area contributed by atoms with Crippen LogP contribution in [-0.4, -0.2) is 42.8 Å². The van der Waals surface area contributed by atoms with Crippen molar-refractivity contribution in [2.45, 2.75) is 6.42 Å². The molecule has 2 aromatic carbocycles. The molecule has 1 aliphatic rings. The maximum Gasteiger partial charge on any atom is 0.243 e. The third-order valence-corrected chi connectivity index (χ3v) is 4.75. The van der Waals surface area contributed by atoms with Crippen molar-refractivity contribution in [3.63, 3.8) is 0 Å². The average Bonchev–Trinajstić information content (AvgIpc) is 3.04. The summed E-state index contributed by atoms with van der Waals surface area (Å²) in [4.78, 5) is 39.6. The number of benzene rings is 2. The number of likely N-dealkylation sites (N-methyl/N-ethyl adjacent to an activating group) is 1. The highest BCUT2D eigenvalue weighted by Crippen LogP contribution is 2.28. The minimum Gasteiger partial charge on any atom is -0.336 e. The van der Waals surface area contributed by atoms with Gasteiger partial charge in [0, 0.05) is 30.7 Å². The Balaban J connectivity index is 1.59. The third-order valence-electron chi connectivity index (χ3n) is 4.50. The van der Waals surface area contributed by atoms with Crippen LogP contribution in [0.3, 0.4) is 0 Å². The van der Waals surface area contributed by atoms with E-state index in [1.807, 2.05) is 0 Å². The zero-order valence-corrected chi connectivity index (χ0v) is 15.9. The molecule has 0 radical (unpaired) electrons. The fourth-order valence-corrected chi connectivity index (χ4v) is 3.24. The van der Waals surface area contributed by atoms with Gasteiger partial charge in [-0.2, -0.15) is 0 Å². The van der Waals surface area contributed by atoms with Crippen LogP contribution in [0.4, 0.5) is 15.8 Å². The minimum absolute atomic E-state index is 0.0175. The van der Waals surface area contributed by atoms with Crippen molar-refractivity contribution in [1.82, 2.24) is 4.90 Å². The minimum atomic E-state index is -0.625. The second kappa shape index (κ2) is 8.39. The topological polar surface area (TPSA) is 69.7 Å². The molecule has 0 unspecified atom stereocenters. The number of para-hydroxylation sites is 1. The van der Waals surface area contributed by atoms with Crippen LogP contribution in [0.2, 0.25) is 5.02 Å². The molecule has 1 saturated heterocycles. The number of nitrogens with one attached hydrogen (secondary N) is 1. The van der Waals surface area contributed by atoms with E-state index in [0.717, 1.165) is 0 Å². The summed E-state index contributed by atoms with van der Waals surface area (Å²) < 4.78 is 14.0. The number of halogens is 2. The van der Waals surface area contributed by atoms with Crippen LogP contribution in [0, 0.1) is 11.7 Å². The third kappa shape index (κ3) is 4.48. The lowest BCUT2D eigenvalue weighted by molar-refractivity contribution is -0.137.